The van der Waals surface area contributed by atoms with Crippen molar-refractivity contribution in [2.75, 3.05) is 13.7 Å². The Morgan fingerprint density at radius 3 is 2.57 bits per heavy atom. The molecule has 8 heteroatoms. The lowest BCUT2D eigenvalue weighted by atomic mass is 10.1. The summed E-state index contributed by atoms with van der Waals surface area (Å²) >= 11 is 11.8. The van der Waals surface area contributed by atoms with Crippen molar-refractivity contribution in [2.45, 2.75) is 12.7 Å². The van der Waals surface area contributed by atoms with Crippen LogP contribution in [0.2, 0.25) is 10.0 Å². The third-order valence-corrected chi connectivity index (χ3v) is 3.45. The Bertz CT molecular complexity index is 695. The number of nitrogens with zero attached hydrogens (tertiary/aromatic N) is 1. The first-order valence-corrected chi connectivity index (χ1v) is 6.59. The van der Waals surface area contributed by atoms with Gasteiger partial charge in [-0.05, 0) is 12.1 Å². The number of halogens is 5. The maximum absolute atomic E-state index is 12.7. The third-order valence-electron chi connectivity index (χ3n) is 2.94. The van der Waals surface area contributed by atoms with Crippen LogP contribution in [-0.4, -0.2) is 30.2 Å². The van der Waals surface area contributed by atoms with Gasteiger partial charge in [0.2, 0.25) is 0 Å². The number of carbonyl (C=O) groups is 1. The average Bonchev–Trinajstić information content (AvgIpc) is 2.73. The van der Waals surface area contributed by atoms with Gasteiger partial charge in [0.15, 0.2) is 0 Å². The summed E-state index contributed by atoms with van der Waals surface area (Å²) in [6.45, 7) is 0.544. The predicted octanol–water partition coefficient (Wildman–Crippen LogP) is 4.34. The number of benzene rings is 1. The van der Waals surface area contributed by atoms with Gasteiger partial charge in [0.1, 0.15) is 0 Å². The molecule has 0 saturated carbocycles. The lowest BCUT2D eigenvalue weighted by molar-refractivity contribution is -0.0884. The fourth-order valence-electron chi connectivity index (χ4n) is 2.04. The molecule has 0 amide bonds. The van der Waals surface area contributed by atoms with E-state index in [1.165, 1.54) is 23.8 Å². The fourth-order valence-corrected chi connectivity index (χ4v) is 2.63. The fraction of sp³-hybridized carbons (Fsp3) is 0.308. The van der Waals surface area contributed by atoms with Crippen LogP contribution in [-0.2, 0) is 11.3 Å². The summed E-state index contributed by atoms with van der Waals surface area (Å²) in [7, 11) is 1.47. The zero-order valence-corrected chi connectivity index (χ0v) is 12.3. The largest absolute Gasteiger partial charge is 0.454 e. The summed E-state index contributed by atoms with van der Waals surface area (Å²) in [6.07, 6.45) is -3.84. The minimum atomic E-state index is -4.97. The summed E-state index contributed by atoms with van der Waals surface area (Å²) in [6, 6.07) is 2.77. The Morgan fingerprint density at radius 1 is 1.33 bits per heavy atom. The Kier molecular flexibility index (Phi) is 4.51. The number of ketones is 1. The van der Waals surface area contributed by atoms with Gasteiger partial charge >= 0.3 is 6.18 Å². The second-order valence-corrected chi connectivity index (χ2v) is 5.18. The van der Waals surface area contributed by atoms with Gasteiger partial charge in [-0.2, -0.15) is 13.2 Å². The standard InChI is InChI=1S/C13H10Cl2F3NO2/c1-21-3-2-19-6-8(12(20)13(16,17)18)11-9(15)4-7(14)5-10(11)19/h4-6H,2-3H2,1H3. The number of methoxy groups -OCH3 is 1. The number of fused-ring (bicyclic) bond motifs is 1. The summed E-state index contributed by atoms with van der Waals surface area (Å²) in [5.41, 5.74) is -0.132. The zero-order chi connectivity index (χ0) is 15.8. The molecule has 21 heavy (non-hydrogen) atoms. The molecule has 2 aromatic rings. The van der Waals surface area contributed by atoms with Crippen LogP contribution < -0.4 is 0 Å². The first-order chi connectivity index (χ1) is 9.75. The van der Waals surface area contributed by atoms with E-state index < -0.39 is 17.5 Å². The predicted molar refractivity (Wildman–Crippen MR) is 74.2 cm³/mol. The molecule has 0 aliphatic heterocycles. The molecule has 2 rings (SSSR count). The highest BCUT2D eigenvalue weighted by atomic mass is 35.5. The van der Waals surface area contributed by atoms with Gasteiger partial charge < -0.3 is 9.30 Å². The van der Waals surface area contributed by atoms with E-state index in [0.29, 0.717) is 5.52 Å². The summed E-state index contributed by atoms with van der Waals surface area (Å²) in [5.74, 6) is -1.94. The van der Waals surface area contributed by atoms with Crippen molar-refractivity contribution >= 4 is 39.9 Å². The van der Waals surface area contributed by atoms with Crippen molar-refractivity contribution in [3.63, 3.8) is 0 Å². The molecule has 0 atom stereocenters. The molecule has 0 unspecified atom stereocenters. The number of rotatable bonds is 4. The smallest absolute Gasteiger partial charge is 0.383 e. The number of aromatic nitrogens is 1. The van der Waals surface area contributed by atoms with Crippen molar-refractivity contribution in [3.05, 3.63) is 33.9 Å². The van der Waals surface area contributed by atoms with Crippen molar-refractivity contribution in [1.82, 2.24) is 4.57 Å². The second kappa shape index (κ2) is 5.87. The minimum Gasteiger partial charge on any atom is -0.383 e. The summed E-state index contributed by atoms with van der Waals surface area (Å²) < 4.78 is 44.4. The van der Waals surface area contributed by atoms with Gasteiger partial charge in [-0.3, -0.25) is 4.79 Å². The number of alkyl halides is 3. The molecule has 0 aliphatic rings. The van der Waals surface area contributed by atoms with Crippen LogP contribution in [0, 0.1) is 0 Å². The molecular formula is C13H10Cl2F3NO2. The Morgan fingerprint density at radius 2 is 2.00 bits per heavy atom. The van der Waals surface area contributed by atoms with Crippen molar-refractivity contribution < 1.29 is 22.7 Å². The van der Waals surface area contributed by atoms with E-state index >= 15 is 0 Å². The van der Waals surface area contributed by atoms with Crippen LogP contribution >= 0.6 is 23.2 Å². The highest BCUT2D eigenvalue weighted by Crippen LogP contribution is 2.35. The molecule has 1 heterocycles. The number of Topliss-reactive ketones (excluding diaryl/α,β-unsaturated/α-hetero) is 1. The number of hydrogen-bond donors (Lipinski definition) is 0. The average molecular weight is 340 g/mol. The Balaban J connectivity index is 2.68. The van der Waals surface area contributed by atoms with E-state index in [1.807, 2.05) is 0 Å². The third kappa shape index (κ3) is 3.17. The molecule has 0 N–H and O–H groups in total. The van der Waals surface area contributed by atoms with Crippen LogP contribution in [0.4, 0.5) is 13.2 Å². The number of hydrogen-bond acceptors (Lipinski definition) is 2. The number of carbonyl (C=O) groups excluding carboxylic acids is 1. The summed E-state index contributed by atoms with van der Waals surface area (Å²) in [4.78, 5) is 11.5. The Hall–Kier alpha value is -1.24. The molecule has 114 valence electrons. The molecule has 0 spiro atoms. The maximum atomic E-state index is 12.7. The van der Waals surface area contributed by atoms with Crippen LogP contribution in [0.1, 0.15) is 10.4 Å². The van der Waals surface area contributed by atoms with Crippen LogP contribution in [0.3, 0.4) is 0 Å². The molecule has 0 fully saturated rings. The molecule has 3 nitrogen and oxygen atoms in total. The lowest BCUT2D eigenvalue weighted by Crippen LogP contribution is -2.22. The highest BCUT2D eigenvalue weighted by molar-refractivity contribution is 6.39. The monoisotopic (exact) mass is 339 g/mol. The quantitative estimate of drug-likeness (QED) is 0.776. The maximum Gasteiger partial charge on any atom is 0.454 e. The van der Waals surface area contributed by atoms with Crippen molar-refractivity contribution in [2.24, 2.45) is 0 Å². The van der Waals surface area contributed by atoms with E-state index in [2.05, 4.69) is 0 Å². The van der Waals surface area contributed by atoms with Crippen LogP contribution in [0.25, 0.3) is 10.9 Å². The molecule has 0 radical (unpaired) electrons. The SMILES string of the molecule is COCCn1cc(C(=O)C(F)(F)F)c2c(Cl)cc(Cl)cc21. The lowest BCUT2D eigenvalue weighted by Gasteiger charge is -2.05. The van der Waals surface area contributed by atoms with Crippen LogP contribution in [0.15, 0.2) is 18.3 Å². The minimum absolute atomic E-state index is 0.00117. The molecule has 0 bridgehead atoms. The Labute approximate surface area is 128 Å². The van der Waals surface area contributed by atoms with E-state index in [0.717, 1.165) is 6.20 Å². The van der Waals surface area contributed by atoms with E-state index in [-0.39, 0.29) is 28.6 Å². The summed E-state index contributed by atoms with van der Waals surface area (Å²) in [5, 5.41) is 0.316. The topological polar surface area (TPSA) is 31.2 Å². The van der Waals surface area contributed by atoms with Gasteiger partial charge in [0, 0.05) is 30.3 Å². The van der Waals surface area contributed by atoms with Gasteiger partial charge in [0.05, 0.1) is 22.7 Å². The van der Waals surface area contributed by atoms with Gasteiger partial charge in [0.25, 0.3) is 5.78 Å². The van der Waals surface area contributed by atoms with Crippen molar-refractivity contribution in [3.8, 4) is 0 Å². The van der Waals surface area contributed by atoms with Gasteiger partial charge in [-0.1, -0.05) is 23.2 Å². The molecule has 1 aromatic heterocycles. The molecular weight excluding hydrogens is 330 g/mol. The van der Waals surface area contributed by atoms with Crippen LogP contribution in [0.5, 0.6) is 0 Å². The molecule has 1 aromatic carbocycles. The van der Waals surface area contributed by atoms with Gasteiger partial charge in [-0.25, -0.2) is 0 Å². The highest BCUT2D eigenvalue weighted by Gasteiger charge is 2.41. The van der Waals surface area contributed by atoms with Gasteiger partial charge in [-0.15, -0.1) is 0 Å². The first kappa shape index (κ1) is 16.1. The normalized spacial score (nSPS) is 12.1. The second-order valence-electron chi connectivity index (χ2n) is 4.34. The van der Waals surface area contributed by atoms with E-state index in [1.54, 1.807) is 0 Å². The first-order valence-electron chi connectivity index (χ1n) is 5.84. The molecule has 0 saturated heterocycles. The van der Waals surface area contributed by atoms with E-state index in [9.17, 15) is 18.0 Å². The zero-order valence-electron chi connectivity index (χ0n) is 10.8. The molecule has 0 aliphatic carbocycles. The van der Waals surface area contributed by atoms with E-state index in [4.69, 9.17) is 27.9 Å². The van der Waals surface area contributed by atoms with Crippen molar-refractivity contribution in [1.29, 1.82) is 0 Å². The number of ether oxygens (including phenoxy) is 1.